The number of carbonyl (C=O) groups is 4. The van der Waals surface area contributed by atoms with Gasteiger partial charge in [-0.25, -0.2) is 0 Å². The van der Waals surface area contributed by atoms with Crippen molar-refractivity contribution >= 4 is 23.6 Å². The zero-order valence-corrected chi connectivity index (χ0v) is 24.9. The third-order valence-corrected chi connectivity index (χ3v) is 6.81. The number of hydrogen-bond acceptors (Lipinski definition) is 9. The number of esters is 1. The van der Waals surface area contributed by atoms with Crippen LogP contribution in [-0.2, 0) is 38.1 Å². The van der Waals surface area contributed by atoms with E-state index in [1.54, 1.807) is 0 Å². The van der Waals surface area contributed by atoms with E-state index in [0.29, 0.717) is 38.9 Å². The van der Waals surface area contributed by atoms with Crippen molar-refractivity contribution in [2.45, 2.75) is 73.0 Å². The number of hydrogen-bond donors (Lipinski definition) is 3. The molecule has 1 aliphatic rings. The van der Waals surface area contributed by atoms with Crippen molar-refractivity contribution in [3.63, 3.8) is 0 Å². The highest BCUT2D eigenvalue weighted by Gasteiger charge is 2.48. The molecular weight excluding hydrogens is 506 g/mol. The van der Waals surface area contributed by atoms with Gasteiger partial charge < -0.3 is 34.9 Å². The molecule has 0 spiro atoms. The fraction of sp³-hybridized carbons (Fsp3) is 0.857. The minimum absolute atomic E-state index is 0.221. The Bertz CT molecular complexity index is 770. The lowest BCUT2D eigenvalue weighted by Gasteiger charge is -2.33. The Morgan fingerprint density at radius 3 is 2.08 bits per heavy atom. The summed E-state index contributed by atoms with van der Waals surface area (Å²) in [6.45, 7) is 14.1. The molecule has 11 heteroatoms. The minimum atomic E-state index is -0.842. The number of ether oxygens (including phenoxy) is 4. The first-order chi connectivity index (χ1) is 18.4. The quantitative estimate of drug-likeness (QED) is 0.159. The smallest absolute Gasteiger partial charge is 0.302 e. The van der Waals surface area contributed by atoms with E-state index in [9.17, 15) is 19.2 Å². The number of rotatable bonds is 19. The van der Waals surface area contributed by atoms with Crippen LogP contribution in [0.1, 0.15) is 60.8 Å². The predicted molar refractivity (Wildman–Crippen MR) is 147 cm³/mol. The van der Waals surface area contributed by atoms with Gasteiger partial charge in [-0.2, -0.15) is 0 Å². The fourth-order valence-corrected chi connectivity index (χ4v) is 4.39. The highest BCUT2D eigenvalue weighted by Crippen LogP contribution is 2.38. The molecule has 39 heavy (non-hydrogen) atoms. The number of carbonyl (C=O) groups excluding carboxylic acids is 4. The lowest BCUT2D eigenvalue weighted by Crippen LogP contribution is -2.53. The minimum Gasteiger partial charge on any atom is -0.463 e. The maximum absolute atomic E-state index is 13.8. The normalized spacial score (nSPS) is 20.7. The zero-order chi connectivity index (χ0) is 29.4. The van der Waals surface area contributed by atoms with Gasteiger partial charge >= 0.3 is 5.97 Å². The number of likely N-dealkylation sites (N-methyl/N-ethyl adjacent to an activating group) is 1. The summed E-state index contributed by atoms with van der Waals surface area (Å²) in [5.74, 6) is -2.35. The van der Waals surface area contributed by atoms with Crippen LogP contribution in [0.4, 0.5) is 0 Å². The molecule has 5 unspecified atom stereocenters. The van der Waals surface area contributed by atoms with Crippen LogP contribution in [0.25, 0.3) is 0 Å². The van der Waals surface area contributed by atoms with Crippen LogP contribution in [-0.4, -0.2) is 95.5 Å². The van der Waals surface area contributed by atoms with E-state index in [0.717, 1.165) is 13.0 Å². The Morgan fingerprint density at radius 2 is 1.51 bits per heavy atom. The van der Waals surface area contributed by atoms with Gasteiger partial charge in [0.25, 0.3) is 0 Å². The Balaban J connectivity index is 2.71. The first kappa shape index (κ1) is 34.9. The molecule has 0 aromatic carbocycles. The summed E-state index contributed by atoms with van der Waals surface area (Å²) in [7, 11) is 1.85. The SMILES string of the molecule is CCC(C)CNC(=O)C1CC(OC(C)=O)CC1C(=O)C(NC(=O)COCCOCCOCCNC)C(C)(C)C. The summed E-state index contributed by atoms with van der Waals surface area (Å²) in [5.41, 5.74) is -0.611. The maximum Gasteiger partial charge on any atom is 0.302 e. The second-order valence-corrected chi connectivity index (χ2v) is 11.3. The second kappa shape index (κ2) is 18.3. The second-order valence-electron chi connectivity index (χ2n) is 11.3. The molecule has 226 valence electrons. The Kier molecular flexibility index (Phi) is 16.4. The molecule has 3 N–H and O–H groups in total. The van der Waals surface area contributed by atoms with Crippen molar-refractivity contribution in [1.82, 2.24) is 16.0 Å². The van der Waals surface area contributed by atoms with Gasteiger partial charge in [0.15, 0.2) is 5.78 Å². The molecule has 5 atom stereocenters. The van der Waals surface area contributed by atoms with Crippen molar-refractivity contribution in [3.05, 3.63) is 0 Å². The van der Waals surface area contributed by atoms with Crippen molar-refractivity contribution in [2.24, 2.45) is 23.2 Å². The van der Waals surface area contributed by atoms with Crippen molar-refractivity contribution in [1.29, 1.82) is 0 Å². The average Bonchev–Trinajstić information content (AvgIpc) is 3.28. The van der Waals surface area contributed by atoms with Crippen LogP contribution in [0.15, 0.2) is 0 Å². The van der Waals surface area contributed by atoms with Crippen LogP contribution in [0.3, 0.4) is 0 Å². The molecule has 0 radical (unpaired) electrons. The topological polar surface area (TPSA) is 141 Å². The van der Waals surface area contributed by atoms with Crippen molar-refractivity contribution in [2.75, 3.05) is 59.8 Å². The fourth-order valence-electron chi connectivity index (χ4n) is 4.39. The van der Waals surface area contributed by atoms with Gasteiger partial charge in [0.1, 0.15) is 12.7 Å². The van der Waals surface area contributed by atoms with Crippen LogP contribution in [0.5, 0.6) is 0 Å². The Morgan fingerprint density at radius 1 is 0.923 bits per heavy atom. The van der Waals surface area contributed by atoms with E-state index >= 15 is 0 Å². The van der Waals surface area contributed by atoms with Crippen LogP contribution in [0, 0.1) is 23.2 Å². The summed E-state index contributed by atoms with van der Waals surface area (Å²) in [5, 5.41) is 8.76. The molecule has 11 nitrogen and oxygen atoms in total. The predicted octanol–water partition coefficient (Wildman–Crippen LogP) is 1.48. The van der Waals surface area contributed by atoms with Gasteiger partial charge in [-0.3, -0.25) is 19.2 Å². The molecule has 1 rings (SSSR count). The summed E-state index contributed by atoms with van der Waals surface area (Å²) < 4.78 is 21.6. The van der Waals surface area contributed by atoms with Gasteiger partial charge in [0.05, 0.1) is 45.0 Å². The standard InChI is InChI=1S/C28H51N3O8/c1-8-19(2)17-30-27(35)23-16-21(39-20(3)32)15-22(23)25(34)26(28(4,5)6)31-24(33)18-38-14-13-37-12-11-36-10-9-29-7/h19,21-23,26,29H,8-18H2,1-7H3,(H,30,35)(H,31,33). The highest BCUT2D eigenvalue weighted by molar-refractivity contribution is 5.95. The van der Waals surface area contributed by atoms with E-state index in [1.165, 1.54) is 6.92 Å². The van der Waals surface area contributed by atoms with Gasteiger partial charge in [-0.1, -0.05) is 41.0 Å². The third kappa shape index (κ3) is 13.7. The lowest BCUT2D eigenvalue weighted by atomic mass is 9.77. The van der Waals surface area contributed by atoms with Gasteiger partial charge in [0.2, 0.25) is 11.8 Å². The van der Waals surface area contributed by atoms with E-state index in [2.05, 4.69) is 16.0 Å². The number of nitrogens with one attached hydrogen (secondary N) is 3. The van der Waals surface area contributed by atoms with Gasteiger partial charge in [-0.15, -0.1) is 0 Å². The molecule has 0 aromatic heterocycles. The van der Waals surface area contributed by atoms with Gasteiger partial charge in [-0.05, 0) is 31.2 Å². The highest BCUT2D eigenvalue weighted by atomic mass is 16.5. The van der Waals surface area contributed by atoms with Crippen LogP contribution in [0.2, 0.25) is 0 Å². The number of Topliss-reactive ketones (excluding diaryl/α,β-unsaturated/α-hetero) is 1. The molecule has 0 saturated heterocycles. The Hall–Kier alpha value is -2.08. The summed E-state index contributed by atoms with van der Waals surface area (Å²) >= 11 is 0. The van der Waals surface area contributed by atoms with E-state index in [4.69, 9.17) is 18.9 Å². The largest absolute Gasteiger partial charge is 0.463 e. The molecule has 1 aliphatic carbocycles. The molecule has 0 aliphatic heterocycles. The monoisotopic (exact) mass is 557 g/mol. The lowest BCUT2D eigenvalue weighted by molar-refractivity contribution is -0.146. The number of amides is 2. The van der Waals surface area contributed by atoms with Crippen molar-refractivity contribution in [3.8, 4) is 0 Å². The van der Waals surface area contributed by atoms with Crippen LogP contribution < -0.4 is 16.0 Å². The summed E-state index contributed by atoms with van der Waals surface area (Å²) in [6, 6.07) is -0.842. The van der Waals surface area contributed by atoms with E-state index < -0.39 is 41.3 Å². The molecule has 0 aromatic rings. The molecule has 0 bridgehead atoms. The average molecular weight is 558 g/mol. The van der Waals surface area contributed by atoms with E-state index in [-0.39, 0.29) is 37.7 Å². The van der Waals surface area contributed by atoms with Gasteiger partial charge in [0, 0.05) is 25.9 Å². The molecule has 1 fully saturated rings. The van der Waals surface area contributed by atoms with E-state index in [1.807, 2.05) is 41.7 Å². The van der Waals surface area contributed by atoms with Crippen LogP contribution >= 0.6 is 0 Å². The maximum atomic E-state index is 13.8. The molecular formula is C28H51N3O8. The van der Waals surface area contributed by atoms with Crippen molar-refractivity contribution < 1.29 is 38.1 Å². The Labute approximate surface area is 233 Å². The molecule has 1 saturated carbocycles. The molecule has 2 amide bonds. The molecule has 0 heterocycles. The first-order valence-corrected chi connectivity index (χ1v) is 14.1. The summed E-state index contributed by atoms with van der Waals surface area (Å²) in [6.07, 6.45) is 0.913. The number of ketones is 1. The third-order valence-electron chi connectivity index (χ3n) is 6.81. The first-order valence-electron chi connectivity index (χ1n) is 14.1. The zero-order valence-electron chi connectivity index (χ0n) is 24.9. The summed E-state index contributed by atoms with van der Waals surface area (Å²) in [4.78, 5) is 51.2.